The number of hydrogen-bond donors (Lipinski definition) is 1. The van der Waals surface area contributed by atoms with Crippen LogP contribution in [0, 0.1) is 0 Å². The molecule has 80 valence electrons. The topological polar surface area (TPSA) is 39.2 Å². The minimum Gasteiger partial charge on any atom is -0.466 e. The van der Waals surface area contributed by atoms with Gasteiger partial charge < -0.3 is 10.2 Å². The van der Waals surface area contributed by atoms with Crippen LogP contribution >= 0.6 is 59.1 Å². The van der Waals surface area contributed by atoms with E-state index in [4.69, 9.17) is 10.2 Å². The molecule has 2 heterocycles. The molecule has 2 aromatic heterocycles. The minimum absolute atomic E-state index is 0.234. The highest BCUT2D eigenvalue weighted by molar-refractivity contribution is 9.13. The van der Waals surface area contributed by atoms with Crippen molar-refractivity contribution in [2.75, 3.05) is 0 Å². The van der Waals surface area contributed by atoms with Crippen LogP contribution in [0.3, 0.4) is 0 Å². The third kappa shape index (κ3) is 2.39. The second kappa shape index (κ2) is 4.71. The predicted molar refractivity (Wildman–Crippen MR) is 72.2 cm³/mol. The lowest BCUT2D eigenvalue weighted by atomic mass is 10.2. The summed E-state index contributed by atoms with van der Waals surface area (Å²) in [5.74, 6) is 0.747. The quantitative estimate of drug-likeness (QED) is 0.773. The van der Waals surface area contributed by atoms with Gasteiger partial charge in [-0.1, -0.05) is 0 Å². The maximum atomic E-state index is 6.09. The van der Waals surface area contributed by atoms with Gasteiger partial charge in [0.15, 0.2) is 0 Å². The van der Waals surface area contributed by atoms with Crippen LogP contribution in [0.4, 0.5) is 0 Å². The molecule has 2 nitrogen and oxygen atoms in total. The molecule has 0 aromatic carbocycles. The first-order valence-corrected chi connectivity index (χ1v) is 7.22. The third-order valence-electron chi connectivity index (χ3n) is 1.90. The molecule has 0 aliphatic heterocycles. The second-order valence-corrected chi connectivity index (χ2v) is 6.99. The van der Waals surface area contributed by atoms with Crippen LogP contribution in [-0.2, 0) is 0 Å². The fourth-order valence-corrected chi connectivity index (χ4v) is 3.71. The summed E-state index contributed by atoms with van der Waals surface area (Å²) < 4.78 is 8.28. The van der Waals surface area contributed by atoms with E-state index in [0.29, 0.717) is 0 Å². The van der Waals surface area contributed by atoms with E-state index in [1.807, 2.05) is 12.1 Å². The smallest absolute Gasteiger partial charge is 0.139 e. The van der Waals surface area contributed by atoms with E-state index in [-0.39, 0.29) is 6.04 Å². The monoisotopic (exact) mass is 413 g/mol. The molecule has 0 fully saturated rings. The van der Waals surface area contributed by atoms with Crippen molar-refractivity contribution in [3.8, 4) is 0 Å². The van der Waals surface area contributed by atoms with Crippen LogP contribution in [-0.4, -0.2) is 0 Å². The summed E-state index contributed by atoms with van der Waals surface area (Å²) >= 11 is 11.9. The van der Waals surface area contributed by atoms with E-state index in [2.05, 4.69) is 47.8 Å². The lowest BCUT2D eigenvalue weighted by molar-refractivity contribution is 0.489. The molecule has 0 aliphatic carbocycles. The van der Waals surface area contributed by atoms with E-state index >= 15 is 0 Å². The molecule has 0 amide bonds. The number of nitrogens with two attached hydrogens (primary N) is 1. The average molecular weight is 416 g/mol. The third-order valence-corrected chi connectivity index (χ3v) is 5.89. The predicted octanol–water partition coefficient (Wildman–Crippen LogP) is 4.68. The Labute approximate surface area is 116 Å². The van der Waals surface area contributed by atoms with E-state index in [1.54, 1.807) is 17.6 Å². The summed E-state index contributed by atoms with van der Waals surface area (Å²) in [6.07, 6.45) is 1.62. The van der Waals surface area contributed by atoms with Crippen LogP contribution in [0.2, 0.25) is 0 Å². The van der Waals surface area contributed by atoms with E-state index in [0.717, 1.165) is 23.4 Å². The van der Waals surface area contributed by atoms with Crippen molar-refractivity contribution in [2.45, 2.75) is 6.04 Å². The van der Waals surface area contributed by atoms with Gasteiger partial charge in [0.25, 0.3) is 0 Å². The normalized spacial score (nSPS) is 13.1. The molecule has 0 bridgehead atoms. The van der Waals surface area contributed by atoms with Crippen LogP contribution < -0.4 is 5.73 Å². The molecular formula is C9H6Br3NOS. The van der Waals surface area contributed by atoms with Gasteiger partial charge >= 0.3 is 0 Å². The summed E-state index contributed by atoms with van der Waals surface area (Å²) in [7, 11) is 0. The molecule has 1 unspecified atom stereocenters. The Morgan fingerprint density at radius 1 is 1.27 bits per heavy atom. The average Bonchev–Trinajstić information content (AvgIpc) is 2.74. The van der Waals surface area contributed by atoms with Gasteiger partial charge in [-0.15, -0.1) is 11.3 Å². The van der Waals surface area contributed by atoms with Gasteiger partial charge in [-0.3, -0.25) is 0 Å². The molecule has 2 rings (SSSR count). The molecule has 2 N–H and O–H groups in total. The van der Waals surface area contributed by atoms with Gasteiger partial charge in [0.05, 0.1) is 20.6 Å². The standard InChI is InChI=1S/C9H6Br3NOS/c10-4-1-2-14-8(4)7(13)6-3-5(11)9(12)15-6/h1-3,7H,13H2. The Hall–Kier alpha value is 0.380. The molecule has 2 aromatic rings. The number of furan rings is 1. The van der Waals surface area contributed by atoms with E-state index in [1.165, 1.54) is 0 Å². The SMILES string of the molecule is NC(c1cc(Br)c(Br)s1)c1occc1Br. The van der Waals surface area contributed by atoms with Crippen molar-refractivity contribution in [1.82, 2.24) is 0 Å². The summed E-state index contributed by atoms with van der Waals surface area (Å²) in [6, 6.07) is 3.60. The molecule has 1 atom stereocenters. The first-order valence-electron chi connectivity index (χ1n) is 4.03. The van der Waals surface area contributed by atoms with E-state index < -0.39 is 0 Å². The highest BCUT2D eigenvalue weighted by Crippen LogP contribution is 2.38. The van der Waals surface area contributed by atoms with E-state index in [9.17, 15) is 0 Å². The van der Waals surface area contributed by atoms with Gasteiger partial charge in [0.2, 0.25) is 0 Å². The van der Waals surface area contributed by atoms with Crippen molar-refractivity contribution >= 4 is 59.1 Å². The lowest BCUT2D eigenvalue weighted by Gasteiger charge is -2.06. The van der Waals surface area contributed by atoms with Crippen LogP contribution in [0.1, 0.15) is 16.7 Å². The molecule has 6 heteroatoms. The van der Waals surface area contributed by atoms with Crippen LogP contribution in [0.5, 0.6) is 0 Å². The fourth-order valence-electron chi connectivity index (χ4n) is 1.17. The van der Waals surface area contributed by atoms with Gasteiger partial charge in [-0.05, 0) is 59.9 Å². The number of halogens is 3. The zero-order valence-electron chi connectivity index (χ0n) is 7.34. The Morgan fingerprint density at radius 3 is 2.47 bits per heavy atom. The molecule has 0 spiro atoms. The van der Waals surface area contributed by atoms with Gasteiger partial charge in [-0.25, -0.2) is 0 Å². The van der Waals surface area contributed by atoms with Gasteiger partial charge in [0, 0.05) is 9.35 Å². The Bertz CT molecular complexity index is 460. The zero-order chi connectivity index (χ0) is 11.0. The van der Waals surface area contributed by atoms with Crippen molar-refractivity contribution in [3.05, 3.63) is 41.8 Å². The maximum Gasteiger partial charge on any atom is 0.139 e. The highest BCUT2D eigenvalue weighted by Gasteiger charge is 2.18. The largest absolute Gasteiger partial charge is 0.466 e. The molecule has 0 aliphatic rings. The van der Waals surface area contributed by atoms with Crippen LogP contribution in [0.25, 0.3) is 0 Å². The number of rotatable bonds is 2. The maximum absolute atomic E-state index is 6.09. The fraction of sp³-hybridized carbons (Fsp3) is 0.111. The van der Waals surface area contributed by atoms with Gasteiger partial charge in [0.1, 0.15) is 5.76 Å². The minimum atomic E-state index is -0.234. The van der Waals surface area contributed by atoms with Crippen molar-refractivity contribution in [3.63, 3.8) is 0 Å². The molecule has 0 saturated carbocycles. The Morgan fingerprint density at radius 2 is 2.00 bits per heavy atom. The first-order chi connectivity index (χ1) is 7.09. The molecule has 0 radical (unpaired) electrons. The molecule has 15 heavy (non-hydrogen) atoms. The van der Waals surface area contributed by atoms with Crippen molar-refractivity contribution in [1.29, 1.82) is 0 Å². The van der Waals surface area contributed by atoms with Crippen molar-refractivity contribution in [2.24, 2.45) is 5.73 Å². The number of hydrogen-bond acceptors (Lipinski definition) is 3. The summed E-state index contributed by atoms with van der Waals surface area (Å²) in [6.45, 7) is 0. The Balaban J connectivity index is 2.36. The lowest BCUT2D eigenvalue weighted by Crippen LogP contribution is -2.09. The second-order valence-electron chi connectivity index (χ2n) is 2.88. The summed E-state index contributed by atoms with van der Waals surface area (Å²) in [4.78, 5) is 1.05. The van der Waals surface area contributed by atoms with Crippen LogP contribution in [0.15, 0.2) is 35.5 Å². The zero-order valence-corrected chi connectivity index (χ0v) is 12.9. The number of thiophene rings is 1. The van der Waals surface area contributed by atoms with Crippen molar-refractivity contribution < 1.29 is 4.42 Å². The first kappa shape index (κ1) is 11.9. The summed E-state index contributed by atoms with van der Waals surface area (Å²) in [5, 5.41) is 0. The van der Waals surface area contributed by atoms with Gasteiger partial charge in [-0.2, -0.15) is 0 Å². The molecular weight excluding hydrogens is 410 g/mol. The molecule has 0 saturated heterocycles. The summed E-state index contributed by atoms with van der Waals surface area (Å²) in [5.41, 5.74) is 6.09. The highest BCUT2D eigenvalue weighted by atomic mass is 79.9. The Kier molecular flexibility index (Phi) is 3.72.